The highest BCUT2D eigenvalue weighted by Gasteiger charge is 2.28. The number of hydrogen-bond donors (Lipinski definition) is 0. The zero-order chi connectivity index (χ0) is 21.5. The number of para-hydroxylation sites is 1. The number of methoxy groups -OCH3 is 3. The minimum Gasteiger partial charge on any atom is -0.493 e. The zero-order valence-electron chi connectivity index (χ0n) is 18.4. The van der Waals surface area contributed by atoms with E-state index in [9.17, 15) is 4.79 Å². The van der Waals surface area contributed by atoms with Crippen molar-refractivity contribution < 1.29 is 19.0 Å². The van der Waals surface area contributed by atoms with E-state index in [0.717, 1.165) is 19.4 Å². The lowest BCUT2D eigenvalue weighted by atomic mass is 9.95. The van der Waals surface area contributed by atoms with Crippen LogP contribution in [0, 0.1) is 0 Å². The summed E-state index contributed by atoms with van der Waals surface area (Å²) in [5.41, 5.74) is 6.05. The maximum Gasteiger partial charge on any atom is 0.254 e. The van der Waals surface area contributed by atoms with Crippen LogP contribution in [0.5, 0.6) is 17.2 Å². The van der Waals surface area contributed by atoms with E-state index in [0.29, 0.717) is 35.9 Å². The summed E-state index contributed by atoms with van der Waals surface area (Å²) in [6, 6.07) is 10.0. The fourth-order valence-corrected chi connectivity index (χ4v) is 5.21. The van der Waals surface area contributed by atoms with Crippen molar-refractivity contribution in [2.24, 2.45) is 0 Å². The van der Waals surface area contributed by atoms with Crippen LogP contribution in [0.1, 0.15) is 40.0 Å². The fraction of sp³-hybridized carbons (Fsp3) is 0.400. The Kier molecular flexibility index (Phi) is 5.00. The zero-order valence-corrected chi connectivity index (χ0v) is 18.4. The highest BCUT2D eigenvalue weighted by molar-refractivity contribution is 5.96. The molecule has 3 aromatic rings. The van der Waals surface area contributed by atoms with Gasteiger partial charge in [0.25, 0.3) is 5.91 Å². The number of aromatic nitrogens is 1. The first-order chi connectivity index (χ1) is 15.2. The van der Waals surface area contributed by atoms with Crippen molar-refractivity contribution in [3.8, 4) is 17.2 Å². The molecule has 31 heavy (non-hydrogen) atoms. The molecule has 1 aliphatic carbocycles. The third kappa shape index (κ3) is 3.12. The smallest absolute Gasteiger partial charge is 0.254 e. The van der Waals surface area contributed by atoms with Crippen LogP contribution in [0.4, 0.5) is 0 Å². The Hall–Kier alpha value is -3.15. The molecule has 1 aliphatic heterocycles. The lowest BCUT2D eigenvalue weighted by Gasteiger charge is -2.23. The van der Waals surface area contributed by atoms with Gasteiger partial charge in [-0.2, -0.15) is 0 Å². The summed E-state index contributed by atoms with van der Waals surface area (Å²) >= 11 is 0. The number of nitrogens with zero attached hydrogens (tertiary/aromatic N) is 2. The first-order valence-corrected chi connectivity index (χ1v) is 10.9. The highest BCUT2D eigenvalue weighted by atomic mass is 16.5. The van der Waals surface area contributed by atoms with Gasteiger partial charge in [0.1, 0.15) is 0 Å². The summed E-state index contributed by atoms with van der Waals surface area (Å²) in [7, 11) is 4.69. The van der Waals surface area contributed by atoms with Crippen molar-refractivity contribution in [1.82, 2.24) is 9.47 Å². The van der Waals surface area contributed by atoms with Gasteiger partial charge in [0.15, 0.2) is 11.5 Å². The molecule has 0 saturated carbocycles. The number of ether oxygens (including phenoxy) is 3. The van der Waals surface area contributed by atoms with Gasteiger partial charge in [-0.05, 0) is 48.9 Å². The Morgan fingerprint density at radius 3 is 2.39 bits per heavy atom. The van der Waals surface area contributed by atoms with Crippen molar-refractivity contribution in [2.45, 2.75) is 38.8 Å². The number of carbonyl (C=O) groups excluding carboxylic acids is 1. The van der Waals surface area contributed by atoms with E-state index < -0.39 is 0 Å². The molecule has 6 heteroatoms. The van der Waals surface area contributed by atoms with Gasteiger partial charge >= 0.3 is 0 Å². The van der Waals surface area contributed by atoms with Gasteiger partial charge in [0.05, 0.1) is 26.8 Å². The first kappa shape index (κ1) is 19.8. The summed E-state index contributed by atoms with van der Waals surface area (Å²) in [5.74, 6) is 1.44. The van der Waals surface area contributed by atoms with Crippen LogP contribution in [0.15, 0.2) is 30.3 Å². The van der Waals surface area contributed by atoms with Crippen molar-refractivity contribution in [3.05, 3.63) is 52.7 Å². The van der Waals surface area contributed by atoms with E-state index in [2.05, 4.69) is 22.8 Å². The molecule has 0 radical (unpaired) electrons. The predicted octanol–water partition coefficient (Wildman–Crippen LogP) is 4.20. The van der Waals surface area contributed by atoms with E-state index in [-0.39, 0.29) is 5.91 Å². The predicted molar refractivity (Wildman–Crippen MR) is 119 cm³/mol. The molecule has 5 rings (SSSR count). The van der Waals surface area contributed by atoms with Gasteiger partial charge in [-0.1, -0.05) is 18.2 Å². The molecule has 1 amide bonds. The van der Waals surface area contributed by atoms with Crippen LogP contribution in [0.25, 0.3) is 10.9 Å². The molecule has 0 bridgehead atoms. The van der Waals surface area contributed by atoms with Crippen LogP contribution in [0.3, 0.4) is 0 Å². The third-order valence-corrected chi connectivity index (χ3v) is 6.63. The van der Waals surface area contributed by atoms with Crippen molar-refractivity contribution in [2.75, 3.05) is 27.9 Å². The van der Waals surface area contributed by atoms with E-state index in [4.69, 9.17) is 14.2 Å². The molecule has 0 unspecified atom stereocenters. The second-order valence-electron chi connectivity index (χ2n) is 8.24. The Balaban J connectivity index is 1.53. The molecule has 0 saturated heterocycles. The summed E-state index contributed by atoms with van der Waals surface area (Å²) in [6.45, 7) is 2.08. The largest absolute Gasteiger partial charge is 0.493 e. The molecule has 2 aliphatic rings. The van der Waals surface area contributed by atoms with Crippen molar-refractivity contribution >= 4 is 16.8 Å². The molecule has 0 atom stereocenters. The van der Waals surface area contributed by atoms with E-state index in [1.807, 2.05) is 4.90 Å². The Morgan fingerprint density at radius 1 is 0.935 bits per heavy atom. The summed E-state index contributed by atoms with van der Waals surface area (Å²) in [6.07, 6.45) is 4.80. The molecule has 0 fully saturated rings. The van der Waals surface area contributed by atoms with Gasteiger partial charge in [0.2, 0.25) is 5.75 Å². The molecule has 0 N–H and O–H groups in total. The van der Waals surface area contributed by atoms with E-state index >= 15 is 0 Å². The second kappa shape index (κ2) is 7.84. The highest BCUT2D eigenvalue weighted by Crippen LogP contribution is 2.39. The van der Waals surface area contributed by atoms with Gasteiger partial charge in [-0.15, -0.1) is 0 Å². The fourth-order valence-electron chi connectivity index (χ4n) is 5.21. The average molecular weight is 421 g/mol. The molecule has 0 spiro atoms. The van der Waals surface area contributed by atoms with Crippen LogP contribution in [-0.4, -0.2) is 43.2 Å². The Bertz CT molecular complexity index is 1140. The van der Waals surface area contributed by atoms with Crippen LogP contribution in [0.2, 0.25) is 0 Å². The maximum atomic E-state index is 13.5. The van der Waals surface area contributed by atoms with Crippen molar-refractivity contribution in [3.63, 3.8) is 0 Å². The van der Waals surface area contributed by atoms with Gasteiger partial charge in [-0.3, -0.25) is 4.79 Å². The number of carbonyl (C=O) groups is 1. The topological polar surface area (TPSA) is 52.9 Å². The standard InChI is InChI=1S/C25H28N2O4/c1-29-21-13-17(14-22(30-2)24(21)31-3)25(28)26-11-12-27-20-10-5-4-8-18(20)19-9-6-7-16(15-26)23(19)27/h6-7,9,13-14H,4-5,8,10-12,15H2,1-3H3. The van der Waals surface area contributed by atoms with Gasteiger partial charge < -0.3 is 23.7 Å². The molecule has 2 aromatic carbocycles. The van der Waals surface area contributed by atoms with Crippen LogP contribution >= 0.6 is 0 Å². The number of aryl methyl sites for hydroxylation is 1. The summed E-state index contributed by atoms with van der Waals surface area (Å²) in [5, 5.41) is 1.37. The SMILES string of the molecule is COc1cc(C(=O)N2CCn3c4c(c5cccc(c53)C2)CCCC4)cc(OC)c1OC. The monoisotopic (exact) mass is 420 g/mol. The number of benzene rings is 2. The van der Waals surface area contributed by atoms with Gasteiger partial charge in [0, 0.05) is 36.3 Å². The maximum absolute atomic E-state index is 13.5. The second-order valence-corrected chi connectivity index (χ2v) is 8.24. The quantitative estimate of drug-likeness (QED) is 0.635. The molecule has 6 nitrogen and oxygen atoms in total. The lowest BCUT2D eigenvalue weighted by molar-refractivity contribution is 0.0741. The van der Waals surface area contributed by atoms with Gasteiger partial charge in [-0.25, -0.2) is 0 Å². The van der Waals surface area contributed by atoms with E-state index in [1.165, 1.54) is 40.6 Å². The number of hydrogen-bond acceptors (Lipinski definition) is 4. The van der Waals surface area contributed by atoms with Crippen LogP contribution in [-0.2, 0) is 25.9 Å². The minimum absolute atomic E-state index is 0.0316. The first-order valence-electron chi connectivity index (χ1n) is 10.9. The van der Waals surface area contributed by atoms with Crippen LogP contribution < -0.4 is 14.2 Å². The normalized spacial score (nSPS) is 15.4. The number of rotatable bonds is 4. The van der Waals surface area contributed by atoms with Crippen molar-refractivity contribution in [1.29, 1.82) is 0 Å². The summed E-state index contributed by atoms with van der Waals surface area (Å²) < 4.78 is 18.8. The minimum atomic E-state index is -0.0316. The molecular formula is C25H28N2O4. The third-order valence-electron chi connectivity index (χ3n) is 6.63. The Labute approximate surface area is 182 Å². The molecule has 162 valence electrons. The Morgan fingerprint density at radius 2 is 1.68 bits per heavy atom. The van der Waals surface area contributed by atoms with E-state index in [1.54, 1.807) is 33.5 Å². The summed E-state index contributed by atoms with van der Waals surface area (Å²) in [4.78, 5) is 15.5. The number of amides is 1. The molecular weight excluding hydrogens is 392 g/mol. The molecule has 2 heterocycles. The lowest BCUT2D eigenvalue weighted by Crippen LogP contribution is -2.32. The molecule has 1 aromatic heterocycles. The number of fused-ring (bicyclic) bond motifs is 3. The average Bonchev–Trinajstić information content (AvgIpc) is 3.00.